The average Bonchev–Trinajstić information content (AvgIpc) is 3.22. The van der Waals surface area contributed by atoms with Crippen LogP contribution in [0.4, 0.5) is 0 Å². The fourth-order valence-electron chi connectivity index (χ4n) is 3.86. The molecule has 0 aromatic heterocycles. The Balaban J connectivity index is 1.35. The minimum Gasteiger partial charge on any atom is -0.454 e. The maximum Gasteiger partial charge on any atom is 0.251 e. The van der Waals surface area contributed by atoms with E-state index in [0.29, 0.717) is 25.1 Å². The molecule has 1 atom stereocenters. The molecule has 4 rings (SSSR count). The highest BCUT2D eigenvalue weighted by Gasteiger charge is 2.30. The Kier molecular flexibility index (Phi) is 5.97. The standard InChI is InChI=1S/C22H26N2O5S/c1-16-4-2-3-13-24(16)30(26,27)19-8-6-18(7-9-19)22(25)23-12-11-17-5-10-20-21(14-17)29-15-28-20/h5-10,14,16H,2-4,11-13,15H2,1H3,(H,23,25). The van der Waals surface area contributed by atoms with Gasteiger partial charge in [0.15, 0.2) is 11.5 Å². The topological polar surface area (TPSA) is 84.9 Å². The number of nitrogens with zero attached hydrogens (tertiary/aromatic N) is 1. The highest BCUT2D eigenvalue weighted by atomic mass is 32.2. The van der Waals surface area contributed by atoms with E-state index in [0.717, 1.165) is 36.3 Å². The molecular weight excluding hydrogens is 404 g/mol. The number of amides is 1. The van der Waals surface area contributed by atoms with Crippen molar-refractivity contribution in [1.82, 2.24) is 9.62 Å². The molecule has 1 amide bonds. The summed E-state index contributed by atoms with van der Waals surface area (Å²) in [6.45, 7) is 3.19. The number of carbonyl (C=O) groups excluding carboxylic acids is 1. The van der Waals surface area contributed by atoms with Crippen molar-refractivity contribution in [2.75, 3.05) is 19.9 Å². The Morgan fingerprint density at radius 3 is 2.63 bits per heavy atom. The van der Waals surface area contributed by atoms with Gasteiger partial charge in [-0.25, -0.2) is 8.42 Å². The van der Waals surface area contributed by atoms with Crippen LogP contribution in [0.3, 0.4) is 0 Å². The zero-order chi connectivity index (χ0) is 21.1. The molecule has 1 saturated heterocycles. The monoisotopic (exact) mass is 430 g/mol. The third-order valence-electron chi connectivity index (χ3n) is 5.60. The molecule has 2 aliphatic rings. The molecule has 2 aliphatic heterocycles. The van der Waals surface area contributed by atoms with Crippen LogP contribution in [0.2, 0.25) is 0 Å². The number of fused-ring (bicyclic) bond motifs is 1. The summed E-state index contributed by atoms with van der Waals surface area (Å²) in [5.74, 6) is 1.22. The van der Waals surface area contributed by atoms with E-state index in [1.165, 1.54) is 12.1 Å². The second-order valence-electron chi connectivity index (χ2n) is 7.68. The summed E-state index contributed by atoms with van der Waals surface area (Å²) in [5.41, 5.74) is 1.47. The molecule has 30 heavy (non-hydrogen) atoms. The minimum atomic E-state index is -3.53. The maximum atomic E-state index is 12.9. The van der Waals surface area contributed by atoms with Gasteiger partial charge in [0.25, 0.3) is 5.91 Å². The van der Waals surface area contributed by atoms with Crippen LogP contribution in [-0.4, -0.2) is 44.6 Å². The number of benzene rings is 2. The predicted octanol–water partition coefficient (Wildman–Crippen LogP) is 2.95. The molecule has 0 spiro atoms. The van der Waals surface area contributed by atoms with Crippen molar-refractivity contribution in [3.05, 3.63) is 53.6 Å². The van der Waals surface area contributed by atoms with Gasteiger partial charge in [0.1, 0.15) is 0 Å². The zero-order valence-corrected chi connectivity index (χ0v) is 17.8. The van der Waals surface area contributed by atoms with E-state index >= 15 is 0 Å². The Labute approximate surface area is 177 Å². The van der Waals surface area contributed by atoms with Crippen LogP contribution in [0.5, 0.6) is 11.5 Å². The molecule has 0 radical (unpaired) electrons. The molecule has 7 nitrogen and oxygen atoms in total. The lowest BCUT2D eigenvalue weighted by molar-refractivity contribution is 0.0954. The van der Waals surface area contributed by atoms with Crippen molar-refractivity contribution in [3.63, 3.8) is 0 Å². The van der Waals surface area contributed by atoms with Crippen molar-refractivity contribution in [1.29, 1.82) is 0 Å². The van der Waals surface area contributed by atoms with Gasteiger partial charge < -0.3 is 14.8 Å². The lowest BCUT2D eigenvalue weighted by atomic mass is 10.1. The van der Waals surface area contributed by atoms with Crippen molar-refractivity contribution in [3.8, 4) is 11.5 Å². The number of nitrogens with one attached hydrogen (secondary N) is 1. The summed E-state index contributed by atoms with van der Waals surface area (Å²) in [6.07, 6.45) is 3.47. The fraction of sp³-hybridized carbons (Fsp3) is 0.409. The van der Waals surface area contributed by atoms with Gasteiger partial charge in [-0.1, -0.05) is 12.5 Å². The highest BCUT2D eigenvalue weighted by Crippen LogP contribution is 2.32. The number of piperidine rings is 1. The van der Waals surface area contributed by atoms with Crippen LogP contribution in [-0.2, 0) is 16.4 Å². The van der Waals surface area contributed by atoms with E-state index in [2.05, 4.69) is 5.32 Å². The Hall–Kier alpha value is -2.58. The third-order valence-corrected chi connectivity index (χ3v) is 7.63. The minimum absolute atomic E-state index is 0.00269. The number of hydrogen-bond donors (Lipinski definition) is 1. The summed E-state index contributed by atoms with van der Waals surface area (Å²) in [4.78, 5) is 12.7. The Morgan fingerprint density at radius 1 is 1.10 bits per heavy atom. The number of sulfonamides is 1. The van der Waals surface area contributed by atoms with Crippen molar-refractivity contribution < 1.29 is 22.7 Å². The van der Waals surface area contributed by atoms with Gasteiger partial charge in [-0.05, 0) is 68.1 Å². The average molecular weight is 431 g/mol. The van der Waals surface area contributed by atoms with Crippen LogP contribution >= 0.6 is 0 Å². The van der Waals surface area contributed by atoms with Crippen LogP contribution in [0, 0.1) is 0 Å². The largest absolute Gasteiger partial charge is 0.454 e. The first kappa shape index (κ1) is 20.7. The lowest BCUT2D eigenvalue weighted by Gasteiger charge is -2.32. The second-order valence-corrected chi connectivity index (χ2v) is 9.57. The molecule has 0 aliphatic carbocycles. The Bertz CT molecular complexity index is 1020. The fourth-order valence-corrected chi connectivity index (χ4v) is 5.56. The van der Waals surface area contributed by atoms with E-state index in [-0.39, 0.29) is 23.6 Å². The molecule has 2 heterocycles. The van der Waals surface area contributed by atoms with E-state index in [1.54, 1.807) is 16.4 Å². The van der Waals surface area contributed by atoms with Gasteiger partial charge in [-0.3, -0.25) is 4.79 Å². The highest BCUT2D eigenvalue weighted by molar-refractivity contribution is 7.89. The lowest BCUT2D eigenvalue weighted by Crippen LogP contribution is -2.41. The van der Waals surface area contributed by atoms with E-state index in [9.17, 15) is 13.2 Å². The van der Waals surface area contributed by atoms with Crippen LogP contribution in [0.1, 0.15) is 42.1 Å². The van der Waals surface area contributed by atoms with E-state index < -0.39 is 10.0 Å². The van der Waals surface area contributed by atoms with Gasteiger partial charge in [-0.2, -0.15) is 4.31 Å². The smallest absolute Gasteiger partial charge is 0.251 e. The van der Waals surface area contributed by atoms with E-state index in [4.69, 9.17) is 9.47 Å². The molecule has 0 bridgehead atoms. The van der Waals surface area contributed by atoms with Crippen LogP contribution in [0.15, 0.2) is 47.4 Å². The number of ether oxygens (including phenoxy) is 2. The summed E-state index contributed by atoms with van der Waals surface area (Å²) in [7, 11) is -3.53. The second kappa shape index (κ2) is 8.65. The first-order valence-corrected chi connectivity index (χ1v) is 11.7. The predicted molar refractivity (Wildman–Crippen MR) is 112 cm³/mol. The normalized spacial score (nSPS) is 18.9. The first-order chi connectivity index (χ1) is 14.4. The molecule has 8 heteroatoms. The van der Waals surface area contributed by atoms with Crippen molar-refractivity contribution in [2.45, 2.75) is 43.5 Å². The summed E-state index contributed by atoms with van der Waals surface area (Å²) in [6, 6.07) is 11.9. The number of rotatable bonds is 6. The molecule has 1 fully saturated rings. The quantitative estimate of drug-likeness (QED) is 0.762. The van der Waals surface area contributed by atoms with Gasteiger partial charge in [-0.15, -0.1) is 0 Å². The van der Waals surface area contributed by atoms with Gasteiger partial charge in [0.05, 0.1) is 4.90 Å². The maximum absolute atomic E-state index is 12.9. The first-order valence-electron chi connectivity index (χ1n) is 10.2. The Morgan fingerprint density at radius 2 is 1.87 bits per heavy atom. The molecule has 0 saturated carbocycles. The van der Waals surface area contributed by atoms with Crippen molar-refractivity contribution in [2.24, 2.45) is 0 Å². The molecule has 2 aromatic carbocycles. The van der Waals surface area contributed by atoms with E-state index in [1.807, 2.05) is 25.1 Å². The van der Waals surface area contributed by atoms with Gasteiger partial charge in [0, 0.05) is 24.7 Å². The number of hydrogen-bond acceptors (Lipinski definition) is 5. The van der Waals surface area contributed by atoms with Crippen LogP contribution < -0.4 is 14.8 Å². The summed E-state index contributed by atoms with van der Waals surface area (Å²) < 4.78 is 38.0. The van der Waals surface area contributed by atoms with Gasteiger partial charge >= 0.3 is 0 Å². The summed E-state index contributed by atoms with van der Waals surface area (Å²) >= 11 is 0. The van der Waals surface area contributed by atoms with Crippen molar-refractivity contribution >= 4 is 15.9 Å². The molecule has 160 valence electrons. The third kappa shape index (κ3) is 4.29. The SMILES string of the molecule is CC1CCCCN1S(=O)(=O)c1ccc(C(=O)NCCc2ccc3c(c2)OCO3)cc1. The molecular formula is C22H26N2O5S. The molecule has 1 unspecified atom stereocenters. The van der Waals surface area contributed by atoms with Gasteiger partial charge in [0.2, 0.25) is 16.8 Å². The molecule has 1 N–H and O–H groups in total. The zero-order valence-electron chi connectivity index (χ0n) is 17.0. The van der Waals surface area contributed by atoms with Crippen LogP contribution in [0.25, 0.3) is 0 Å². The summed E-state index contributed by atoms with van der Waals surface area (Å²) in [5, 5.41) is 2.87. The molecule has 2 aromatic rings. The number of carbonyl (C=O) groups is 1.